The van der Waals surface area contributed by atoms with Crippen molar-refractivity contribution in [2.45, 2.75) is 32.0 Å². The first-order valence-electron chi connectivity index (χ1n) is 7.14. The van der Waals surface area contributed by atoms with Gasteiger partial charge in [0.25, 0.3) is 5.56 Å². The molecule has 0 amide bonds. The van der Waals surface area contributed by atoms with E-state index in [1.807, 2.05) is 9.88 Å². The minimum Gasteiger partial charge on any atom is -0.501 e. The van der Waals surface area contributed by atoms with Crippen LogP contribution in [0.3, 0.4) is 0 Å². The molecule has 8 heteroatoms. The quantitative estimate of drug-likeness (QED) is 0.905. The van der Waals surface area contributed by atoms with E-state index in [4.69, 9.17) is 4.74 Å². The normalized spacial score (nSPS) is 19.3. The van der Waals surface area contributed by atoms with Gasteiger partial charge in [-0.05, 0) is 18.4 Å². The molecule has 0 spiro atoms. The van der Waals surface area contributed by atoms with Gasteiger partial charge in [0.05, 0.1) is 24.1 Å². The highest BCUT2D eigenvalue weighted by atomic mass is 19.4. The largest absolute Gasteiger partial charge is 0.501 e. The molecule has 2 aliphatic rings. The maximum absolute atomic E-state index is 12.7. The van der Waals surface area contributed by atoms with Gasteiger partial charge >= 0.3 is 6.18 Å². The number of aromatic amines is 1. The molecule has 0 saturated heterocycles. The van der Waals surface area contributed by atoms with E-state index in [9.17, 15) is 18.0 Å². The van der Waals surface area contributed by atoms with Crippen molar-refractivity contribution in [1.29, 1.82) is 0 Å². The minimum absolute atomic E-state index is 0.251. The maximum atomic E-state index is 12.7. The first kappa shape index (κ1) is 15.1. The van der Waals surface area contributed by atoms with Gasteiger partial charge < -0.3 is 9.72 Å². The Bertz CT molecular complexity index is 652. The summed E-state index contributed by atoms with van der Waals surface area (Å²) < 4.78 is 43.3. The maximum Gasteiger partial charge on any atom is 0.449 e. The van der Waals surface area contributed by atoms with Gasteiger partial charge in [0, 0.05) is 26.1 Å². The SMILES string of the molecule is O=c1[nH]c(C(F)(F)F)nc2c1CN(CC1=COCCC1)CC2. The number of aromatic nitrogens is 2. The number of nitrogens with zero attached hydrogens (tertiary/aromatic N) is 2. The second-order valence-electron chi connectivity index (χ2n) is 5.55. The highest BCUT2D eigenvalue weighted by molar-refractivity contribution is 5.22. The zero-order chi connectivity index (χ0) is 15.7. The van der Waals surface area contributed by atoms with Crippen LogP contribution in [0.25, 0.3) is 0 Å². The van der Waals surface area contributed by atoms with Crippen LogP contribution in [0.15, 0.2) is 16.6 Å². The summed E-state index contributed by atoms with van der Waals surface area (Å²) in [6.45, 7) is 2.28. The third-order valence-corrected chi connectivity index (χ3v) is 3.85. The van der Waals surface area contributed by atoms with E-state index in [0.29, 0.717) is 31.6 Å². The predicted octanol–water partition coefficient (Wildman–Crippen LogP) is 1.84. The summed E-state index contributed by atoms with van der Waals surface area (Å²) in [5.74, 6) is -1.21. The van der Waals surface area contributed by atoms with Crippen molar-refractivity contribution >= 4 is 0 Å². The minimum atomic E-state index is -4.63. The van der Waals surface area contributed by atoms with Crippen LogP contribution < -0.4 is 5.56 Å². The smallest absolute Gasteiger partial charge is 0.449 e. The van der Waals surface area contributed by atoms with Crippen molar-refractivity contribution < 1.29 is 17.9 Å². The fraction of sp³-hybridized carbons (Fsp3) is 0.571. The van der Waals surface area contributed by atoms with Crippen LogP contribution in [0.1, 0.15) is 29.9 Å². The lowest BCUT2D eigenvalue weighted by molar-refractivity contribution is -0.145. The summed E-state index contributed by atoms with van der Waals surface area (Å²) >= 11 is 0. The second-order valence-corrected chi connectivity index (χ2v) is 5.55. The second kappa shape index (κ2) is 5.75. The lowest BCUT2D eigenvalue weighted by atomic mass is 10.0. The summed E-state index contributed by atoms with van der Waals surface area (Å²) in [5, 5.41) is 0. The molecule has 0 unspecified atom stereocenters. The first-order chi connectivity index (χ1) is 10.4. The van der Waals surface area contributed by atoms with Crippen molar-refractivity contribution in [3.63, 3.8) is 0 Å². The van der Waals surface area contributed by atoms with Gasteiger partial charge in [-0.3, -0.25) is 9.69 Å². The van der Waals surface area contributed by atoms with E-state index in [-0.39, 0.29) is 5.69 Å². The molecule has 0 saturated carbocycles. The van der Waals surface area contributed by atoms with E-state index in [1.165, 1.54) is 0 Å². The average Bonchev–Trinajstić information content (AvgIpc) is 2.48. The number of ether oxygens (including phenoxy) is 1. The Hall–Kier alpha value is -1.83. The average molecular weight is 315 g/mol. The number of nitrogens with one attached hydrogen (secondary N) is 1. The molecule has 0 fully saturated rings. The number of H-pyrrole nitrogens is 1. The van der Waals surface area contributed by atoms with E-state index in [0.717, 1.165) is 25.0 Å². The first-order valence-corrected chi connectivity index (χ1v) is 7.14. The summed E-state index contributed by atoms with van der Waals surface area (Å²) in [5.41, 5.74) is 1.03. The number of alkyl halides is 3. The highest BCUT2D eigenvalue weighted by Gasteiger charge is 2.35. The molecule has 1 N–H and O–H groups in total. The molecule has 0 atom stereocenters. The van der Waals surface area contributed by atoms with Gasteiger partial charge in [-0.25, -0.2) is 4.98 Å². The summed E-state index contributed by atoms with van der Waals surface area (Å²) in [6, 6.07) is 0. The van der Waals surface area contributed by atoms with Crippen LogP contribution in [0.2, 0.25) is 0 Å². The Balaban J connectivity index is 1.78. The van der Waals surface area contributed by atoms with Gasteiger partial charge in [0.15, 0.2) is 0 Å². The summed E-state index contributed by atoms with van der Waals surface area (Å²) in [7, 11) is 0. The Kier molecular flexibility index (Phi) is 3.94. The van der Waals surface area contributed by atoms with Crippen LogP contribution >= 0.6 is 0 Å². The van der Waals surface area contributed by atoms with Crippen molar-refractivity contribution in [2.75, 3.05) is 19.7 Å². The fourth-order valence-electron chi connectivity index (χ4n) is 2.77. The predicted molar refractivity (Wildman–Crippen MR) is 72.1 cm³/mol. The highest BCUT2D eigenvalue weighted by Crippen LogP contribution is 2.26. The Labute approximate surface area is 124 Å². The van der Waals surface area contributed by atoms with Gasteiger partial charge in [-0.2, -0.15) is 13.2 Å². The van der Waals surface area contributed by atoms with Crippen molar-refractivity contribution in [3.8, 4) is 0 Å². The van der Waals surface area contributed by atoms with Gasteiger partial charge in [-0.15, -0.1) is 0 Å². The fourth-order valence-corrected chi connectivity index (χ4v) is 2.77. The third-order valence-electron chi connectivity index (χ3n) is 3.85. The molecule has 22 heavy (non-hydrogen) atoms. The Morgan fingerprint density at radius 1 is 1.36 bits per heavy atom. The Morgan fingerprint density at radius 2 is 2.18 bits per heavy atom. The molecule has 0 bridgehead atoms. The lowest BCUT2D eigenvalue weighted by Gasteiger charge is -2.29. The molecule has 0 aromatic carbocycles. The number of halogens is 3. The van der Waals surface area contributed by atoms with Crippen molar-refractivity contribution in [3.05, 3.63) is 39.3 Å². The summed E-state index contributed by atoms with van der Waals surface area (Å²) in [6.07, 6.45) is -0.626. The third kappa shape index (κ3) is 3.16. The van der Waals surface area contributed by atoms with Crippen LogP contribution in [0, 0.1) is 0 Å². The molecule has 0 aliphatic carbocycles. The number of rotatable bonds is 2. The monoisotopic (exact) mass is 315 g/mol. The zero-order valence-corrected chi connectivity index (χ0v) is 11.9. The molecule has 2 aliphatic heterocycles. The molecule has 120 valence electrons. The molecular weight excluding hydrogens is 299 g/mol. The lowest BCUT2D eigenvalue weighted by Crippen LogP contribution is -2.38. The zero-order valence-electron chi connectivity index (χ0n) is 11.9. The van der Waals surface area contributed by atoms with Gasteiger partial charge in [0.1, 0.15) is 0 Å². The van der Waals surface area contributed by atoms with Gasteiger partial charge in [-0.1, -0.05) is 0 Å². The van der Waals surface area contributed by atoms with Crippen LogP contribution in [-0.4, -0.2) is 34.6 Å². The number of fused-ring (bicyclic) bond motifs is 1. The van der Waals surface area contributed by atoms with Crippen LogP contribution in [0.5, 0.6) is 0 Å². The summed E-state index contributed by atoms with van der Waals surface area (Å²) in [4.78, 5) is 19.4. The van der Waals surface area contributed by atoms with Gasteiger partial charge in [0.2, 0.25) is 5.82 Å². The molecular formula is C14H16F3N3O2. The number of hydrogen-bond acceptors (Lipinski definition) is 4. The van der Waals surface area contributed by atoms with E-state index in [2.05, 4.69) is 4.98 Å². The van der Waals surface area contributed by atoms with E-state index in [1.54, 1.807) is 6.26 Å². The van der Waals surface area contributed by atoms with Crippen LogP contribution in [-0.2, 0) is 23.9 Å². The standard InChI is InChI=1S/C14H16F3N3O2/c15-14(16,17)13-18-11-3-4-20(7-10(11)12(21)19-13)6-9-2-1-5-22-8-9/h8H,1-7H2,(H,18,19,21). The van der Waals surface area contributed by atoms with E-state index >= 15 is 0 Å². The van der Waals surface area contributed by atoms with Crippen molar-refractivity contribution in [2.24, 2.45) is 0 Å². The Morgan fingerprint density at radius 3 is 2.86 bits per heavy atom. The molecule has 5 nitrogen and oxygen atoms in total. The topological polar surface area (TPSA) is 58.2 Å². The van der Waals surface area contributed by atoms with E-state index < -0.39 is 17.6 Å². The van der Waals surface area contributed by atoms with Crippen LogP contribution in [0.4, 0.5) is 13.2 Å². The molecule has 3 rings (SSSR count). The molecule has 3 heterocycles. The molecule has 1 aromatic heterocycles. The number of hydrogen-bond donors (Lipinski definition) is 1. The van der Waals surface area contributed by atoms with Crippen molar-refractivity contribution in [1.82, 2.24) is 14.9 Å². The molecule has 1 aromatic rings. The molecule has 0 radical (unpaired) electrons.